The fraction of sp³-hybridized carbons (Fsp3) is 0.0526. The maximum Gasteiger partial charge on any atom is 0.165 e. The van der Waals surface area contributed by atoms with Gasteiger partial charge in [-0.1, -0.05) is 59.1 Å². The van der Waals surface area contributed by atoms with E-state index in [1.54, 1.807) is 48.5 Å². The highest BCUT2D eigenvalue weighted by Gasteiger charge is 2.22. The minimum Gasteiger partial charge on any atom is -0.455 e. The van der Waals surface area contributed by atoms with Crippen LogP contribution in [0.1, 0.15) is 5.56 Å². The van der Waals surface area contributed by atoms with Gasteiger partial charge in [-0.2, -0.15) is 0 Å². The monoisotopic (exact) mass is 354 g/mol. The molecule has 0 saturated heterocycles. The summed E-state index contributed by atoms with van der Waals surface area (Å²) in [6.07, 6.45) is 0. The standard InChI is InChI=1S/C19H15ClN2O3/c20-16-10-12-17(13-11-16)25-19-9-5-4-8-18(19)21(22(23)24)14-15-6-2-1-3-7-15/h1-13H,14H2. The van der Waals surface area contributed by atoms with Gasteiger partial charge in [0.05, 0.1) is 0 Å². The zero-order chi connectivity index (χ0) is 17.6. The van der Waals surface area contributed by atoms with Gasteiger partial charge in [0.25, 0.3) is 0 Å². The lowest BCUT2D eigenvalue weighted by molar-refractivity contribution is -0.496. The molecule has 0 aliphatic heterocycles. The number of hydrogen-bond acceptors (Lipinski definition) is 3. The second-order valence-electron chi connectivity index (χ2n) is 5.30. The molecule has 0 unspecified atom stereocenters. The number of nitro groups is 1. The van der Waals surface area contributed by atoms with E-state index < -0.39 is 5.03 Å². The van der Waals surface area contributed by atoms with Gasteiger partial charge in [0.1, 0.15) is 18.0 Å². The van der Waals surface area contributed by atoms with E-state index in [4.69, 9.17) is 16.3 Å². The molecule has 5 nitrogen and oxygen atoms in total. The molecule has 6 heteroatoms. The summed E-state index contributed by atoms with van der Waals surface area (Å²) < 4.78 is 5.83. The van der Waals surface area contributed by atoms with Crippen LogP contribution in [0.4, 0.5) is 5.69 Å². The first-order valence-electron chi connectivity index (χ1n) is 7.62. The molecule has 0 radical (unpaired) electrons. The first-order chi connectivity index (χ1) is 12.1. The quantitative estimate of drug-likeness (QED) is 0.443. The summed E-state index contributed by atoms with van der Waals surface area (Å²) in [4.78, 5) is 11.6. The van der Waals surface area contributed by atoms with Crippen molar-refractivity contribution >= 4 is 17.3 Å². The molecule has 0 aromatic heterocycles. The molecular formula is C19H15ClN2O3. The third-order valence-corrected chi connectivity index (χ3v) is 3.81. The molecule has 3 rings (SSSR count). The Morgan fingerprint density at radius 1 is 0.920 bits per heavy atom. The van der Waals surface area contributed by atoms with Gasteiger partial charge in [-0.25, -0.2) is 10.1 Å². The van der Waals surface area contributed by atoms with Crippen LogP contribution in [0.2, 0.25) is 5.02 Å². The van der Waals surface area contributed by atoms with Crippen molar-refractivity contribution in [3.8, 4) is 11.5 Å². The highest BCUT2D eigenvalue weighted by Crippen LogP contribution is 2.33. The van der Waals surface area contributed by atoms with E-state index in [2.05, 4.69) is 0 Å². The molecule has 25 heavy (non-hydrogen) atoms. The third kappa shape index (κ3) is 4.28. The summed E-state index contributed by atoms with van der Waals surface area (Å²) in [5.41, 5.74) is 1.21. The molecular weight excluding hydrogens is 340 g/mol. The Labute approximate surface area is 150 Å². The van der Waals surface area contributed by atoms with Crippen molar-refractivity contribution in [2.75, 3.05) is 5.01 Å². The molecule has 3 aromatic carbocycles. The second kappa shape index (κ2) is 7.68. The number of para-hydroxylation sites is 2. The van der Waals surface area contributed by atoms with Gasteiger partial charge in [-0.3, -0.25) is 0 Å². The first kappa shape index (κ1) is 16.8. The minimum absolute atomic E-state index is 0.134. The van der Waals surface area contributed by atoms with Crippen LogP contribution in [0.5, 0.6) is 11.5 Å². The summed E-state index contributed by atoms with van der Waals surface area (Å²) in [5, 5.41) is 12.8. The van der Waals surface area contributed by atoms with Crippen molar-refractivity contribution in [2.45, 2.75) is 6.54 Å². The van der Waals surface area contributed by atoms with Gasteiger partial charge in [-0.05, 0) is 42.0 Å². The lowest BCUT2D eigenvalue weighted by atomic mass is 10.2. The van der Waals surface area contributed by atoms with Gasteiger partial charge in [0.2, 0.25) is 0 Å². The fourth-order valence-electron chi connectivity index (χ4n) is 2.37. The summed E-state index contributed by atoms with van der Waals surface area (Å²) in [7, 11) is 0. The van der Waals surface area contributed by atoms with Crippen molar-refractivity contribution in [3.05, 3.63) is 99.6 Å². The Kier molecular flexibility index (Phi) is 5.16. The molecule has 0 bridgehead atoms. The van der Waals surface area contributed by atoms with E-state index in [0.717, 1.165) is 10.6 Å². The molecule has 0 atom stereocenters. The maximum atomic E-state index is 11.6. The Bertz CT molecular complexity index is 854. The number of ether oxygens (including phenoxy) is 1. The van der Waals surface area contributed by atoms with Gasteiger partial charge in [0.15, 0.2) is 10.8 Å². The average Bonchev–Trinajstić information content (AvgIpc) is 2.63. The van der Waals surface area contributed by atoms with Crippen molar-refractivity contribution in [3.63, 3.8) is 0 Å². The minimum atomic E-state index is -0.433. The normalized spacial score (nSPS) is 10.3. The molecule has 0 heterocycles. The maximum absolute atomic E-state index is 11.6. The molecule has 0 N–H and O–H groups in total. The number of nitrogens with zero attached hydrogens (tertiary/aromatic N) is 2. The van der Waals surface area contributed by atoms with Crippen LogP contribution < -0.4 is 9.75 Å². The van der Waals surface area contributed by atoms with Crippen LogP contribution >= 0.6 is 11.6 Å². The summed E-state index contributed by atoms with van der Waals surface area (Å²) >= 11 is 5.88. The van der Waals surface area contributed by atoms with Crippen molar-refractivity contribution in [2.24, 2.45) is 0 Å². The van der Waals surface area contributed by atoms with E-state index in [-0.39, 0.29) is 6.54 Å². The number of hydrazine groups is 1. The number of anilines is 1. The average molecular weight is 355 g/mol. The number of halogens is 1. The van der Waals surface area contributed by atoms with Crippen LogP contribution in [0.3, 0.4) is 0 Å². The lowest BCUT2D eigenvalue weighted by Gasteiger charge is -2.18. The second-order valence-corrected chi connectivity index (χ2v) is 5.74. The highest BCUT2D eigenvalue weighted by atomic mass is 35.5. The van der Waals surface area contributed by atoms with E-state index in [0.29, 0.717) is 22.2 Å². The Morgan fingerprint density at radius 3 is 2.24 bits per heavy atom. The Hall–Kier alpha value is -3.05. The van der Waals surface area contributed by atoms with Crippen LogP contribution in [-0.2, 0) is 6.54 Å². The van der Waals surface area contributed by atoms with Crippen molar-refractivity contribution < 1.29 is 9.77 Å². The van der Waals surface area contributed by atoms with Crippen molar-refractivity contribution in [1.29, 1.82) is 0 Å². The van der Waals surface area contributed by atoms with Crippen LogP contribution in [0, 0.1) is 10.1 Å². The van der Waals surface area contributed by atoms with Gasteiger partial charge in [-0.15, -0.1) is 0 Å². The molecule has 0 aliphatic carbocycles. The predicted molar refractivity (Wildman–Crippen MR) is 97.6 cm³/mol. The Balaban J connectivity index is 1.91. The SMILES string of the molecule is O=[N+]([O-])N(Cc1ccccc1)c1ccccc1Oc1ccc(Cl)cc1. The molecule has 3 aromatic rings. The number of rotatable bonds is 6. The number of benzene rings is 3. The number of hydrogen-bond donors (Lipinski definition) is 0. The predicted octanol–water partition coefficient (Wildman–Crippen LogP) is 5.33. The fourth-order valence-corrected chi connectivity index (χ4v) is 2.50. The molecule has 0 spiro atoms. The molecule has 0 amide bonds. The van der Waals surface area contributed by atoms with E-state index >= 15 is 0 Å². The topological polar surface area (TPSA) is 55.6 Å². The highest BCUT2D eigenvalue weighted by molar-refractivity contribution is 6.30. The summed E-state index contributed by atoms with van der Waals surface area (Å²) in [5.74, 6) is 0.956. The smallest absolute Gasteiger partial charge is 0.165 e. The van der Waals surface area contributed by atoms with Gasteiger partial charge in [0, 0.05) is 5.02 Å². The van der Waals surface area contributed by atoms with Gasteiger partial charge < -0.3 is 4.74 Å². The van der Waals surface area contributed by atoms with Crippen LogP contribution in [0.25, 0.3) is 0 Å². The first-order valence-corrected chi connectivity index (χ1v) is 7.99. The zero-order valence-corrected chi connectivity index (χ0v) is 14.0. The van der Waals surface area contributed by atoms with Crippen molar-refractivity contribution in [1.82, 2.24) is 0 Å². The van der Waals surface area contributed by atoms with E-state index in [9.17, 15) is 10.1 Å². The summed E-state index contributed by atoms with van der Waals surface area (Å²) in [6, 6.07) is 23.0. The molecule has 126 valence electrons. The van der Waals surface area contributed by atoms with Crippen LogP contribution in [0.15, 0.2) is 78.9 Å². The van der Waals surface area contributed by atoms with Gasteiger partial charge >= 0.3 is 0 Å². The molecule has 0 aliphatic rings. The third-order valence-electron chi connectivity index (χ3n) is 3.56. The van der Waals surface area contributed by atoms with E-state index in [1.807, 2.05) is 30.3 Å². The van der Waals surface area contributed by atoms with Crippen LogP contribution in [-0.4, -0.2) is 5.03 Å². The molecule has 0 saturated carbocycles. The Morgan fingerprint density at radius 2 is 1.56 bits per heavy atom. The zero-order valence-electron chi connectivity index (χ0n) is 13.2. The van der Waals surface area contributed by atoms with E-state index in [1.165, 1.54) is 0 Å². The lowest BCUT2D eigenvalue weighted by Crippen LogP contribution is -2.29. The largest absolute Gasteiger partial charge is 0.455 e. The summed E-state index contributed by atoms with van der Waals surface area (Å²) in [6.45, 7) is 0.134. The molecule has 0 fully saturated rings.